The first-order valence-electron chi connectivity index (χ1n) is 9.80. The third kappa shape index (κ3) is 3.40. The fraction of sp³-hybridized carbons (Fsp3) is 0.524. The summed E-state index contributed by atoms with van der Waals surface area (Å²) >= 11 is 0. The number of hydrogen-bond donors (Lipinski definition) is 1. The van der Waals surface area contributed by atoms with Crippen molar-refractivity contribution in [1.82, 2.24) is 14.8 Å². The molecule has 1 saturated heterocycles. The van der Waals surface area contributed by atoms with Crippen molar-refractivity contribution in [3.05, 3.63) is 45.7 Å². The molecule has 4 rings (SSSR count). The van der Waals surface area contributed by atoms with Crippen LogP contribution in [0.2, 0.25) is 0 Å². The lowest BCUT2D eigenvalue weighted by atomic mass is 9.84. The molecule has 5 nitrogen and oxygen atoms in total. The van der Waals surface area contributed by atoms with E-state index in [1.54, 1.807) is 0 Å². The summed E-state index contributed by atoms with van der Waals surface area (Å²) in [7, 11) is 0. The maximum absolute atomic E-state index is 12.3. The number of fused-ring (bicyclic) bond motifs is 1. The van der Waals surface area contributed by atoms with Gasteiger partial charge in [-0.3, -0.25) is 14.5 Å². The minimum Gasteiger partial charge on any atom is -0.340 e. The Morgan fingerprint density at radius 1 is 1.15 bits per heavy atom. The molecule has 0 atom stereocenters. The van der Waals surface area contributed by atoms with Crippen LogP contribution >= 0.6 is 0 Å². The molecule has 0 unspecified atom stereocenters. The van der Waals surface area contributed by atoms with Gasteiger partial charge in [-0.05, 0) is 42.3 Å². The van der Waals surface area contributed by atoms with Crippen LogP contribution in [0.1, 0.15) is 37.3 Å². The Morgan fingerprint density at radius 2 is 1.92 bits per heavy atom. The smallest absolute Gasteiger partial charge is 0.251 e. The maximum atomic E-state index is 12.3. The SMILES string of the molecule is CCc1cc2ccc(CN3CCN(C(=O)C4CCC4)CC3)cc2[nH]c1=O. The monoisotopic (exact) mass is 353 g/mol. The zero-order valence-electron chi connectivity index (χ0n) is 15.5. The van der Waals surface area contributed by atoms with E-state index in [9.17, 15) is 9.59 Å². The van der Waals surface area contributed by atoms with E-state index < -0.39 is 0 Å². The number of rotatable bonds is 4. The number of carbonyl (C=O) groups is 1. The lowest BCUT2D eigenvalue weighted by Crippen LogP contribution is -2.50. The summed E-state index contributed by atoms with van der Waals surface area (Å²) in [5, 5.41) is 1.08. The standard InChI is InChI=1S/C21H27N3O2/c1-2-16-13-18-7-6-15(12-19(18)22-20(16)25)14-23-8-10-24(11-9-23)21(26)17-4-3-5-17/h6-7,12-13,17H,2-5,8-11,14H2,1H3,(H,22,25). The Morgan fingerprint density at radius 3 is 2.58 bits per heavy atom. The fourth-order valence-electron chi connectivity index (χ4n) is 3.95. The van der Waals surface area contributed by atoms with Crippen molar-refractivity contribution < 1.29 is 4.79 Å². The van der Waals surface area contributed by atoms with Gasteiger partial charge in [-0.2, -0.15) is 0 Å². The van der Waals surface area contributed by atoms with Crippen LogP contribution in [0.3, 0.4) is 0 Å². The number of aromatic nitrogens is 1. The van der Waals surface area contributed by atoms with Crippen LogP contribution in [0, 0.1) is 5.92 Å². The molecule has 1 saturated carbocycles. The summed E-state index contributed by atoms with van der Waals surface area (Å²) in [5.74, 6) is 0.665. The number of H-pyrrole nitrogens is 1. The topological polar surface area (TPSA) is 56.4 Å². The summed E-state index contributed by atoms with van der Waals surface area (Å²) in [6.45, 7) is 6.36. The number of hydrogen-bond acceptors (Lipinski definition) is 3. The number of nitrogens with zero attached hydrogens (tertiary/aromatic N) is 2. The van der Waals surface area contributed by atoms with Gasteiger partial charge in [-0.15, -0.1) is 0 Å². The molecule has 2 aromatic rings. The molecule has 1 aliphatic heterocycles. The molecule has 0 radical (unpaired) electrons. The quantitative estimate of drug-likeness (QED) is 0.919. The van der Waals surface area contributed by atoms with Gasteiger partial charge < -0.3 is 9.88 Å². The molecule has 5 heteroatoms. The molecule has 1 amide bonds. The second kappa shape index (κ2) is 7.23. The predicted molar refractivity (Wildman–Crippen MR) is 103 cm³/mol. The fourth-order valence-corrected chi connectivity index (χ4v) is 3.95. The molecule has 138 valence electrons. The highest BCUT2D eigenvalue weighted by Crippen LogP contribution is 2.28. The van der Waals surface area contributed by atoms with Crippen LogP contribution < -0.4 is 5.56 Å². The summed E-state index contributed by atoms with van der Waals surface area (Å²) in [4.78, 5) is 31.8. The van der Waals surface area contributed by atoms with Crippen molar-refractivity contribution in [2.24, 2.45) is 5.92 Å². The van der Waals surface area contributed by atoms with E-state index in [0.717, 1.165) is 68.5 Å². The average molecular weight is 353 g/mol. The molecule has 2 fully saturated rings. The Labute approximate surface area is 154 Å². The van der Waals surface area contributed by atoms with E-state index in [1.165, 1.54) is 12.0 Å². The zero-order chi connectivity index (χ0) is 18.1. The lowest BCUT2D eigenvalue weighted by molar-refractivity contribution is -0.140. The number of carbonyl (C=O) groups excluding carboxylic acids is 1. The van der Waals surface area contributed by atoms with Crippen molar-refractivity contribution in [1.29, 1.82) is 0 Å². The van der Waals surface area contributed by atoms with Crippen LogP contribution in [0.25, 0.3) is 10.9 Å². The first-order valence-corrected chi connectivity index (χ1v) is 9.80. The number of aromatic amines is 1. The van der Waals surface area contributed by atoms with E-state index in [-0.39, 0.29) is 5.56 Å². The normalized spacial score (nSPS) is 18.9. The third-order valence-electron chi connectivity index (χ3n) is 5.91. The average Bonchev–Trinajstić information content (AvgIpc) is 2.60. The highest BCUT2D eigenvalue weighted by Gasteiger charge is 2.31. The lowest BCUT2D eigenvalue weighted by Gasteiger charge is -2.38. The molecule has 1 aromatic carbocycles. The minimum absolute atomic E-state index is 0.0141. The molecule has 1 aromatic heterocycles. The Hall–Kier alpha value is -2.14. The van der Waals surface area contributed by atoms with Gasteiger partial charge in [0.2, 0.25) is 5.91 Å². The second-order valence-corrected chi connectivity index (χ2v) is 7.63. The van der Waals surface area contributed by atoms with Crippen LogP contribution in [0.4, 0.5) is 0 Å². The van der Waals surface area contributed by atoms with Gasteiger partial charge in [0.25, 0.3) is 5.56 Å². The molecule has 0 spiro atoms. The highest BCUT2D eigenvalue weighted by atomic mass is 16.2. The summed E-state index contributed by atoms with van der Waals surface area (Å²) in [6, 6.07) is 8.31. The van der Waals surface area contributed by atoms with Crippen molar-refractivity contribution in [2.45, 2.75) is 39.2 Å². The van der Waals surface area contributed by atoms with Gasteiger partial charge in [-0.25, -0.2) is 0 Å². The summed E-state index contributed by atoms with van der Waals surface area (Å²) in [6.07, 6.45) is 4.11. The van der Waals surface area contributed by atoms with Gasteiger partial charge >= 0.3 is 0 Å². The van der Waals surface area contributed by atoms with Gasteiger partial charge in [-0.1, -0.05) is 25.5 Å². The number of pyridine rings is 1. The Balaban J connectivity index is 1.40. The largest absolute Gasteiger partial charge is 0.340 e. The van der Waals surface area contributed by atoms with Gasteiger partial charge in [0, 0.05) is 49.7 Å². The van der Waals surface area contributed by atoms with Crippen LogP contribution in [0.15, 0.2) is 29.1 Å². The number of aryl methyl sites for hydroxylation is 1. The summed E-state index contributed by atoms with van der Waals surface area (Å²) < 4.78 is 0. The molecular formula is C21H27N3O2. The van der Waals surface area contributed by atoms with Crippen molar-refractivity contribution >= 4 is 16.8 Å². The second-order valence-electron chi connectivity index (χ2n) is 7.63. The molecule has 26 heavy (non-hydrogen) atoms. The van der Waals surface area contributed by atoms with Gasteiger partial charge in [0.05, 0.1) is 0 Å². The number of benzene rings is 1. The predicted octanol–water partition coefficient (Wildman–Crippen LogP) is 2.53. The van der Waals surface area contributed by atoms with Crippen LogP contribution in [0.5, 0.6) is 0 Å². The van der Waals surface area contributed by atoms with E-state index in [2.05, 4.69) is 28.1 Å². The van der Waals surface area contributed by atoms with Crippen molar-refractivity contribution in [3.63, 3.8) is 0 Å². The third-order valence-corrected chi connectivity index (χ3v) is 5.91. The van der Waals surface area contributed by atoms with Crippen molar-refractivity contribution in [3.8, 4) is 0 Å². The van der Waals surface area contributed by atoms with E-state index in [1.807, 2.05) is 17.9 Å². The maximum Gasteiger partial charge on any atom is 0.251 e. The molecule has 1 N–H and O–H groups in total. The van der Waals surface area contributed by atoms with E-state index in [4.69, 9.17) is 0 Å². The Bertz CT molecular complexity index is 861. The molecule has 0 bridgehead atoms. The molecular weight excluding hydrogens is 326 g/mol. The molecule has 2 aliphatic rings. The van der Waals surface area contributed by atoms with E-state index >= 15 is 0 Å². The first-order chi connectivity index (χ1) is 12.6. The van der Waals surface area contributed by atoms with E-state index in [0.29, 0.717) is 11.8 Å². The van der Waals surface area contributed by atoms with Gasteiger partial charge in [0.1, 0.15) is 0 Å². The molecule has 1 aliphatic carbocycles. The highest BCUT2D eigenvalue weighted by molar-refractivity contribution is 5.80. The van der Waals surface area contributed by atoms with Gasteiger partial charge in [0.15, 0.2) is 0 Å². The number of amides is 1. The number of piperazine rings is 1. The van der Waals surface area contributed by atoms with Crippen molar-refractivity contribution in [2.75, 3.05) is 26.2 Å². The van der Waals surface area contributed by atoms with Crippen LogP contribution in [-0.4, -0.2) is 46.9 Å². The summed E-state index contributed by atoms with van der Waals surface area (Å²) in [5.41, 5.74) is 2.96. The first kappa shape index (κ1) is 17.3. The number of nitrogens with one attached hydrogen (secondary N) is 1. The minimum atomic E-state index is 0.0141. The van der Waals surface area contributed by atoms with Crippen LogP contribution in [-0.2, 0) is 17.8 Å². The molecule has 2 heterocycles. The zero-order valence-corrected chi connectivity index (χ0v) is 15.5. The Kier molecular flexibility index (Phi) is 4.81.